The molecule has 0 bridgehead atoms. The van der Waals surface area contributed by atoms with E-state index in [-0.39, 0.29) is 25.3 Å². The van der Waals surface area contributed by atoms with Gasteiger partial charge in [0.2, 0.25) is 21.8 Å². The van der Waals surface area contributed by atoms with E-state index < -0.39 is 56.2 Å². The Kier molecular flexibility index (Phi) is 11.0. The maximum Gasteiger partial charge on any atom is 0.259 e. The number of aromatic nitrogens is 1. The first-order chi connectivity index (χ1) is 28.4. The molecule has 1 aromatic heterocycles. The molecule has 2 aliphatic heterocycles. The maximum atomic E-state index is 14.9. The zero-order chi connectivity index (χ0) is 41.4. The average Bonchev–Trinajstić information content (AvgIpc) is 4.12. The lowest BCUT2D eigenvalue weighted by atomic mass is 10.0. The molecular formula is C45H51N5O8S. The predicted molar refractivity (Wildman–Crippen MR) is 225 cm³/mol. The Morgan fingerprint density at radius 3 is 2.47 bits per heavy atom. The van der Waals surface area contributed by atoms with Crippen LogP contribution in [0.3, 0.4) is 0 Å². The number of hydrogen-bond acceptors (Lipinski definition) is 10. The van der Waals surface area contributed by atoms with Gasteiger partial charge in [0.25, 0.3) is 5.91 Å². The number of nitrogens with zero attached hydrogens (tertiary/aromatic N) is 2. The molecule has 3 aromatic carbocycles. The summed E-state index contributed by atoms with van der Waals surface area (Å²) >= 11 is 0. The molecular weight excluding hydrogens is 771 g/mol. The van der Waals surface area contributed by atoms with Crippen molar-refractivity contribution in [3.63, 3.8) is 0 Å². The number of hydrogen-bond donors (Lipinski definition) is 3. The quantitative estimate of drug-likeness (QED) is 0.158. The van der Waals surface area contributed by atoms with Gasteiger partial charge in [-0.3, -0.25) is 19.1 Å². The molecule has 13 nitrogen and oxygen atoms in total. The van der Waals surface area contributed by atoms with E-state index >= 15 is 0 Å². The second-order valence-corrected chi connectivity index (χ2v) is 18.6. The Bertz CT molecular complexity index is 2390. The van der Waals surface area contributed by atoms with Gasteiger partial charge in [0, 0.05) is 47.2 Å². The summed E-state index contributed by atoms with van der Waals surface area (Å²) in [5.74, 6) is -0.191. The minimum Gasteiger partial charge on any atom is -0.497 e. The zero-order valence-corrected chi connectivity index (χ0v) is 34.4. The van der Waals surface area contributed by atoms with Gasteiger partial charge in [0.1, 0.15) is 41.0 Å². The van der Waals surface area contributed by atoms with Gasteiger partial charge in [0.05, 0.1) is 36.7 Å². The van der Waals surface area contributed by atoms with Crippen molar-refractivity contribution >= 4 is 44.3 Å². The minimum atomic E-state index is -3.98. The van der Waals surface area contributed by atoms with E-state index in [2.05, 4.69) is 15.4 Å². The number of benzene rings is 3. The molecule has 14 heteroatoms. The van der Waals surface area contributed by atoms with Crippen LogP contribution >= 0.6 is 0 Å². The van der Waals surface area contributed by atoms with Crippen LogP contribution in [0.15, 0.2) is 91.0 Å². The summed E-state index contributed by atoms with van der Waals surface area (Å²) in [4.78, 5) is 50.1. The van der Waals surface area contributed by atoms with Crippen LogP contribution < -0.4 is 29.6 Å². The number of anilines is 1. The molecule has 2 saturated carbocycles. The third-order valence-corrected chi connectivity index (χ3v) is 14.4. The van der Waals surface area contributed by atoms with Gasteiger partial charge in [-0.25, -0.2) is 13.4 Å². The van der Waals surface area contributed by atoms with E-state index in [4.69, 9.17) is 19.2 Å². The first kappa shape index (κ1) is 40.2. The van der Waals surface area contributed by atoms with Crippen molar-refractivity contribution in [3.05, 3.63) is 91.0 Å². The molecule has 3 heterocycles. The molecule has 0 spiro atoms. The van der Waals surface area contributed by atoms with E-state index in [0.717, 1.165) is 36.6 Å². The maximum absolute atomic E-state index is 14.9. The van der Waals surface area contributed by atoms with Crippen molar-refractivity contribution in [1.29, 1.82) is 0 Å². The minimum absolute atomic E-state index is 0.0864. The SMILES string of the molecule is COc1cccc(N[C@H]2CCCCCC=C[C@@H]3C[C@@]3(C(=O)NS(=O)(=O)C3(C)CC3)NC(=O)[C@@H]3C[C@@H](Oc4cc(-c5ccccc5)nc5cc(OC)ccc45)CN3C2=O)c1. The van der Waals surface area contributed by atoms with Crippen LogP contribution in [0.25, 0.3) is 22.2 Å². The number of pyridine rings is 1. The largest absolute Gasteiger partial charge is 0.497 e. The summed E-state index contributed by atoms with van der Waals surface area (Å²) in [6.07, 6.45) is 8.30. The molecule has 4 aliphatic rings. The van der Waals surface area contributed by atoms with E-state index in [0.29, 0.717) is 53.4 Å². The second kappa shape index (κ2) is 16.2. The third-order valence-electron chi connectivity index (χ3n) is 12.2. The molecule has 310 valence electrons. The van der Waals surface area contributed by atoms with Crippen LogP contribution in [0, 0.1) is 5.92 Å². The van der Waals surface area contributed by atoms with Gasteiger partial charge in [-0.05, 0) is 69.7 Å². The zero-order valence-electron chi connectivity index (χ0n) is 33.6. The highest BCUT2D eigenvalue weighted by molar-refractivity contribution is 7.91. The highest BCUT2D eigenvalue weighted by Gasteiger charge is 2.63. The lowest BCUT2D eigenvalue weighted by Gasteiger charge is -2.30. The molecule has 3 N–H and O–H groups in total. The van der Waals surface area contributed by atoms with Crippen molar-refractivity contribution in [2.45, 2.75) is 93.2 Å². The molecule has 3 fully saturated rings. The number of sulfonamides is 1. The van der Waals surface area contributed by atoms with Gasteiger partial charge in [-0.2, -0.15) is 0 Å². The average molecular weight is 822 g/mol. The topological polar surface area (TPSA) is 165 Å². The summed E-state index contributed by atoms with van der Waals surface area (Å²) in [7, 11) is -0.799. The van der Waals surface area contributed by atoms with Crippen LogP contribution in [-0.2, 0) is 24.4 Å². The van der Waals surface area contributed by atoms with Crippen molar-refractivity contribution in [1.82, 2.24) is 19.9 Å². The number of fused-ring (bicyclic) bond motifs is 3. The Labute approximate surface area is 344 Å². The fraction of sp³-hybridized carbons (Fsp3) is 0.422. The molecule has 1 saturated heterocycles. The normalized spacial score (nSPS) is 25.4. The molecule has 3 amide bonds. The number of methoxy groups -OCH3 is 2. The fourth-order valence-electron chi connectivity index (χ4n) is 8.20. The standard InChI is InChI=1S/C45H51N5O8S/c1-44(21-22-44)59(54,55)49-43(53)45-27-30(45)15-10-5-4-6-11-18-36(46-31-16-12-17-32(23-31)56-2)42(52)50-28-34(25-39(50)41(51)48-45)58-40-26-37(29-13-8-7-9-14-29)47-38-24-33(57-3)19-20-35(38)40/h7-10,12-17,19-20,23-24,26,30,34,36,39,46H,4-6,11,18,21-22,25,27-28H2,1-3H3,(H,48,51)(H,49,53)/t30-,34-,36+,39+,45-/m1/s1. The summed E-state index contributed by atoms with van der Waals surface area (Å²) in [5, 5.41) is 7.15. The number of rotatable bonds is 10. The highest BCUT2D eigenvalue weighted by atomic mass is 32.2. The summed E-state index contributed by atoms with van der Waals surface area (Å²) < 4.78 is 45.6. The molecule has 59 heavy (non-hydrogen) atoms. The monoisotopic (exact) mass is 821 g/mol. The van der Waals surface area contributed by atoms with Crippen molar-refractivity contribution < 1.29 is 37.0 Å². The van der Waals surface area contributed by atoms with E-state index in [9.17, 15) is 22.8 Å². The van der Waals surface area contributed by atoms with E-state index in [1.807, 2.05) is 91.0 Å². The van der Waals surface area contributed by atoms with Crippen molar-refractivity contribution in [2.24, 2.45) is 5.92 Å². The number of ether oxygens (including phenoxy) is 3. The smallest absolute Gasteiger partial charge is 0.259 e. The Morgan fingerprint density at radius 1 is 0.932 bits per heavy atom. The van der Waals surface area contributed by atoms with E-state index in [1.54, 1.807) is 26.0 Å². The molecule has 0 radical (unpaired) electrons. The lowest BCUT2D eigenvalue weighted by Crippen LogP contribution is -2.58. The van der Waals surface area contributed by atoms with Crippen molar-refractivity contribution in [2.75, 3.05) is 26.1 Å². The Hall–Kier alpha value is -5.63. The first-order valence-corrected chi connectivity index (χ1v) is 21.9. The number of carbonyl (C=O) groups is 3. The Morgan fingerprint density at radius 2 is 1.71 bits per heavy atom. The summed E-state index contributed by atoms with van der Waals surface area (Å²) in [6.45, 7) is 1.70. The van der Waals surface area contributed by atoms with Crippen LogP contribution in [0.5, 0.6) is 17.2 Å². The van der Waals surface area contributed by atoms with Gasteiger partial charge >= 0.3 is 0 Å². The molecule has 5 atom stereocenters. The number of allylic oxidation sites excluding steroid dienone is 1. The molecule has 8 rings (SSSR count). The van der Waals surface area contributed by atoms with Gasteiger partial charge < -0.3 is 29.7 Å². The molecule has 2 aliphatic carbocycles. The van der Waals surface area contributed by atoms with Gasteiger partial charge in [0.15, 0.2) is 0 Å². The van der Waals surface area contributed by atoms with Crippen molar-refractivity contribution in [3.8, 4) is 28.5 Å². The first-order valence-electron chi connectivity index (χ1n) is 20.4. The molecule has 0 unspecified atom stereocenters. The number of amides is 3. The predicted octanol–water partition coefficient (Wildman–Crippen LogP) is 6.14. The summed E-state index contributed by atoms with van der Waals surface area (Å²) in [6, 6.07) is 22.8. The molecule has 4 aromatic rings. The second-order valence-electron chi connectivity index (χ2n) is 16.4. The van der Waals surface area contributed by atoms with Gasteiger partial charge in [-0.1, -0.05) is 61.4 Å². The van der Waals surface area contributed by atoms with Gasteiger partial charge in [-0.15, -0.1) is 0 Å². The fourth-order valence-corrected chi connectivity index (χ4v) is 9.51. The highest BCUT2D eigenvalue weighted by Crippen LogP contribution is 2.47. The van der Waals surface area contributed by atoms with Crippen LogP contribution in [0.2, 0.25) is 0 Å². The van der Waals surface area contributed by atoms with Crippen LogP contribution in [0.1, 0.15) is 64.7 Å². The lowest BCUT2D eigenvalue weighted by molar-refractivity contribution is -0.140. The Balaban J connectivity index is 1.14. The van der Waals surface area contributed by atoms with Crippen LogP contribution in [-0.4, -0.2) is 85.3 Å². The van der Waals surface area contributed by atoms with Crippen LogP contribution in [0.4, 0.5) is 5.69 Å². The number of carbonyl (C=O) groups excluding carboxylic acids is 3. The number of nitrogens with one attached hydrogen (secondary N) is 3. The van der Waals surface area contributed by atoms with E-state index in [1.165, 1.54) is 0 Å². The summed E-state index contributed by atoms with van der Waals surface area (Å²) in [5.41, 5.74) is 1.44. The third kappa shape index (κ3) is 8.32.